The number of hydrogen-bond donors (Lipinski definition) is 2. The van der Waals surface area contributed by atoms with Crippen molar-refractivity contribution in [3.63, 3.8) is 0 Å². The molecule has 0 bridgehead atoms. The van der Waals surface area contributed by atoms with Crippen molar-refractivity contribution < 1.29 is 24.6 Å². The molecule has 0 saturated carbocycles. The Kier molecular flexibility index (Phi) is 4.53. The first-order valence-corrected chi connectivity index (χ1v) is 6.20. The highest BCUT2D eigenvalue weighted by atomic mass is 32.2. The summed E-state index contributed by atoms with van der Waals surface area (Å²) in [4.78, 5) is 33.2. The first-order valence-electron chi connectivity index (χ1n) is 5.22. The molecule has 1 aliphatic rings. The average Bonchev–Trinajstić information content (AvgIpc) is 2.58. The van der Waals surface area contributed by atoms with Crippen LogP contribution in [-0.2, 0) is 14.4 Å². The lowest BCUT2D eigenvalue weighted by Crippen LogP contribution is -2.50. The third-order valence-electron chi connectivity index (χ3n) is 2.67. The molecule has 1 heterocycles. The molecule has 0 radical (unpaired) electrons. The van der Waals surface area contributed by atoms with E-state index < -0.39 is 23.2 Å². The van der Waals surface area contributed by atoms with E-state index in [2.05, 4.69) is 0 Å². The fourth-order valence-electron chi connectivity index (χ4n) is 1.82. The normalized spacial score (nSPS) is 24.8. The first-order chi connectivity index (χ1) is 7.88. The Labute approximate surface area is 103 Å². The van der Waals surface area contributed by atoms with Crippen molar-refractivity contribution >= 4 is 29.5 Å². The van der Waals surface area contributed by atoms with E-state index in [-0.39, 0.29) is 12.2 Å². The number of nitrogens with zero attached hydrogens (tertiary/aromatic N) is 1. The number of carbonyl (C=O) groups is 3. The molecule has 0 amide bonds. The van der Waals surface area contributed by atoms with Crippen LogP contribution < -0.4 is 0 Å². The van der Waals surface area contributed by atoms with Crippen LogP contribution in [0.1, 0.15) is 19.8 Å². The largest absolute Gasteiger partial charge is 0.481 e. The Hall–Kier alpha value is -1.08. The highest BCUT2D eigenvalue weighted by molar-refractivity contribution is 8.01. The molecule has 6 nitrogen and oxygen atoms in total. The third-order valence-corrected chi connectivity index (χ3v) is 4.11. The van der Waals surface area contributed by atoms with E-state index in [0.29, 0.717) is 18.8 Å². The van der Waals surface area contributed by atoms with Gasteiger partial charge < -0.3 is 10.2 Å². The minimum absolute atomic E-state index is 0.0310. The molecule has 0 aromatic carbocycles. The molecule has 1 aliphatic heterocycles. The van der Waals surface area contributed by atoms with Gasteiger partial charge in [-0.05, 0) is 6.92 Å². The highest BCUT2D eigenvalue weighted by Gasteiger charge is 2.50. The maximum Gasteiger partial charge on any atom is 0.335 e. The van der Waals surface area contributed by atoms with Crippen LogP contribution in [0.4, 0.5) is 0 Å². The molecule has 1 unspecified atom stereocenters. The molecule has 0 aromatic heterocycles. The Bertz CT molecular complexity index is 346. The molecule has 17 heavy (non-hydrogen) atoms. The van der Waals surface area contributed by atoms with E-state index in [1.807, 2.05) is 0 Å². The second kappa shape index (κ2) is 5.50. The molecule has 1 rings (SSSR count). The fraction of sp³-hybridized carbons (Fsp3) is 0.700. The van der Waals surface area contributed by atoms with Crippen molar-refractivity contribution in [2.75, 3.05) is 18.8 Å². The molecule has 1 atom stereocenters. The van der Waals surface area contributed by atoms with Gasteiger partial charge in [0.2, 0.25) is 0 Å². The molecule has 2 N–H and O–H groups in total. The maximum absolute atomic E-state index is 11.3. The minimum Gasteiger partial charge on any atom is -0.481 e. The molecule has 1 fully saturated rings. The van der Waals surface area contributed by atoms with E-state index in [9.17, 15) is 19.5 Å². The second-order valence-corrected chi connectivity index (χ2v) is 5.32. The monoisotopic (exact) mass is 261 g/mol. The van der Waals surface area contributed by atoms with Gasteiger partial charge in [0.25, 0.3) is 0 Å². The summed E-state index contributed by atoms with van der Waals surface area (Å²) in [5.74, 6) is -1.76. The summed E-state index contributed by atoms with van der Waals surface area (Å²) in [5.41, 5.74) is 0. The lowest BCUT2D eigenvalue weighted by atomic mass is 10.1. The predicted molar refractivity (Wildman–Crippen MR) is 61.9 cm³/mol. The van der Waals surface area contributed by atoms with Gasteiger partial charge in [0.15, 0.2) is 4.87 Å². The predicted octanol–water partition coefficient (Wildman–Crippen LogP) is 0.270. The molecule has 1 saturated heterocycles. The number of carbonyl (C=O) groups excluding carboxylic acids is 1. The molecule has 96 valence electrons. The van der Waals surface area contributed by atoms with Crippen LogP contribution >= 0.6 is 11.8 Å². The summed E-state index contributed by atoms with van der Waals surface area (Å²) < 4.78 is 0. The third kappa shape index (κ3) is 3.19. The lowest BCUT2D eigenvalue weighted by molar-refractivity contribution is -0.151. The summed E-state index contributed by atoms with van der Waals surface area (Å²) >= 11 is 1.12. The van der Waals surface area contributed by atoms with Crippen LogP contribution in [0.15, 0.2) is 0 Å². The second-order valence-electron chi connectivity index (χ2n) is 3.95. The molecule has 7 heteroatoms. The Morgan fingerprint density at radius 3 is 2.47 bits per heavy atom. The van der Waals surface area contributed by atoms with Crippen LogP contribution in [-0.4, -0.2) is 56.5 Å². The van der Waals surface area contributed by atoms with E-state index >= 15 is 0 Å². The number of thioether (sulfide) groups is 1. The number of ketones is 1. The van der Waals surface area contributed by atoms with Crippen LogP contribution in [0.3, 0.4) is 0 Å². The average molecular weight is 261 g/mol. The van der Waals surface area contributed by atoms with Gasteiger partial charge in [-0.2, -0.15) is 0 Å². The summed E-state index contributed by atoms with van der Waals surface area (Å²) in [6.45, 7) is 2.22. The molecule has 0 aromatic rings. The van der Waals surface area contributed by atoms with Crippen LogP contribution in [0.25, 0.3) is 0 Å². The zero-order valence-electron chi connectivity index (χ0n) is 9.51. The molecule has 0 spiro atoms. The van der Waals surface area contributed by atoms with Crippen LogP contribution in [0.2, 0.25) is 0 Å². The van der Waals surface area contributed by atoms with Gasteiger partial charge in [0.1, 0.15) is 5.78 Å². The Morgan fingerprint density at radius 2 is 2.00 bits per heavy atom. The summed E-state index contributed by atoms with van der Waals surface area (Å²) in [5, 5.41) is 18.1. The summed E-state index contributed by atoms with van der Waals surface area (Å²) in [7, 11) is 0. The number of aliphatic carboxylic acids is 2. The van der Waals surface area contributed by atoms with Crippen molar-refractivity contribution in [1.29, 1.82) is 0 Å². The van der Waals surface area contributed by atoms with Crippen LogP contribution in [0, 0.1) is 0 Å². The smallest absolute Gasteiger partial charge is 0.335 e. The van der Waals surface area contributed by atoms with E-state index in [4.69, 9.17) is 5.11 Å². The van der Waals surface area contributed by atoms with Gasteiger partial charge in [0.05, 0.1) is 6.42 Å². The van der Waals surface area contributed by atoms with Gasteiger partial charge in [-0.25, -0.2) is 4.79 Å². The van der Waals surface area contributed by atoms with Crippen molar-refractivity contribution in [1.82, 2.24) is 4.90 Å². The topological polar surface area (TPSA) is 94.9 Å². The van der Waals surface area contributed by atoms with Gasteiger partial charge in [-0.15, -0.1) is 11.8 Å². The zero-order valence-corrected chi connectivity index (χ0v) is 10.3. The van der Waals surface area contributed by atoms with Crippen molar-refractivity contribution in [2.45, 2.75) is 24.6 Å². The van der Waals surface area contributed by atoms with E-state index in [0.717, 1.165) is 11.8 Å². The zero-order chi connectivity index (χ0) is 13.1. The van der Waals surface area contributed by atoms with E-state index in [1.165, 1.54) is 6.92 Å². The standard InChI is InChI=1S/C10H15NO5S/c1-7(12)2-3-11-4-5-17-10(11,9(15)16)6-8(13)14/h2-6H2,1H3,(H,13,14)(H,15,16). The van der Waals surface area contributed by atoms with Crippen LogP contribution in [0.5, 0.6) is 0 Å². The van der Waals surface area contributed by atoms with Crippen molar-refractivity contribution in [2.24, 2.45) is 0 Å². The van der Waals surface area contributed by atoms with Gasteiger partial charge >= 0.3 is 11.9 Å². The van der Waals surface area contributed by atoms with Crippen molar-refractivity contribution in [3.05, 3.63) is 0 Å². The molecule has 0 aliphatic carbocycles. The quantitative estimate of drug-likeness (QED) is 0.708. The van der Waals surface area contributed by atoms with Gasteiger partial charge in [-0.3, -0.25) is 14.5 Å². The summed E-state index contributed by atoms with van der Waals surface area (Å²) in [6, 6.07) is 0. The van der Waals surface area contributed by atoms with Crippen molar-refractivity contribution in [3.8, 4) is 0 Å². The molecular formula is C10H15NO5S. The Morgan fingerprint density at radius 1 is 1.35 bits per heavy atom. The number of rotatable bonds is 6. The van der Waals surface area contributed by atoms with Gasteiger partial charge in [-0.1, -0.05) is 0 Å². The number of Topliss-reactive ketones (excluding diaryl/α,β-unsaturated/α-hetero) is 1. The number of carboxylic acid groups (broad SMARTS) is 2. The fourth-order valence-corrected chi connectivity index (χ4v) is 3.19. The molecular weight excluding hydrogens is 246 g/mol. The van der Waals surface area contributed by atoms with Gasteiger partial charge in [0, 0.05) is 25.3 Å². The Balaban J connectivity index is 2.82. The maximum atomic E-state index is 11.3. The SMILES string of the molecule is CC(=O)CCN1CCSC1(CC(=O)O)C(=O)O. The minimum atomic E-state index is -1.42. The lowest BCUT2D eigenvalue weighted by Gasteiger charge is -2.32. The number of carboxylic acids is 2. The summed E-state index contributed by atoms with van der Waals surface area (Å²) in [6.07, 6.45) is -0.208. The first kappa shape index (κ1) is 14.0. The van der Waals surface area contributed by atoms with E-state index in [1.54, 1.807) is 4.90 Å². The highest BCUT2D eigenvalue weighted by Crippen LogP contribution is 2.39. The number of hydrogen-bond acceptors (Lipinski definition) is 5.